The average Bonchev–Trinajstić information content (AvgIpc) is 2.55. The quantitative estimate of drug-likeness (QED) is 0.780. The Morgan fingerprint density at radius 1 is 1.18 bits per heavy atom. The second kappa shape index (κ2) is 7.08. The van der Waals surface area contributed by atoms with Crippen molar-refractivity contribution < 1.29 is 14.3 Å². The maximum atomic E-state index is 12.5. The number of amides is 1. The van der Waals surface area contributed by atoms with Crippen LogP contribution in [0, 0.1) is 23.2 Å². The number of nitrogens with one attached hydrogen (secondary N) is 2. The zero-order chi connectivity index (χ0) is 19.9. The van der Waals surface area contributed by atoms with E-state index in [0.29, 0.717) is 12.5 Å². The van der Waals surface area contributed by atoms with Crippen molar-refractivity contribution in [2.75, 3.05) is 13.2 Å². The highest BCUT2D eigenvalue weighted by Crippen LogP contribution is 2.55. The Hall–Kier alpha value is -2.05. The van der Waals surface area contributed by atoms with Crippen molar-refractivity contribution in [3.63, 3.8) is 0 Å². The Morgan fingerprint density at radius 2 is 1.79 bits per heavy atom. The molecule has 0 unspecified atom stereocenters. The highest BCUT2D eigenvalue weighted by Gasteiger charge is 2.51. The highest BCUT2D eigenvalue weighted by atomic mass is 16.5. The summed E-state index contributed by atoms with van der Waals surface area (Å²) in [6.45, 7) is 6.42. The third-order valence-corrected chi connectivity index (χ3v) is 6.15. The largest absolute Gasteiger partial charge is 0.478 e. The first kappa shape index (κ1) is 19.3. The predicted molar refractivity (Wildman–Crippen MR) is 104 cm³/mol. The summed E-state index contributed by atoms with van der Waals surface area (Å²) in [6.07, 6.45) is 7.29. The molecule has 4 aliphatic carbocycles. The molecule has 1 heterocycles. The van der Waals surface area contributed by atoms with Crippen molar-refractivity contribution in [3.8, 4) is 11.8 Å². The Morgan fingerprint density at radius 3 is 2.36 bits per heavy atom. The van der Waals surface area contributed by atoms with Gasteiger partial charge in [-0.25, -0.2) is 4.79 Å². The number of ether oxygens (including phenoxy) is 2. The summed E-state index contributed by atoms with van der Waals surface area (Å²) in [7, 11) is 0. The number of rotatable bonds is 6. The molecule has 7 nitrogen and oxygen atoms in total. The summed E-state index contributed by atoms with van der Waals surface area (Å²) in [5.41, 5.74) is -0.639. The molecule has 0 saturated heterocycles. The van der Waals surface area contributed by atoms with Crippen LogP contribution in [0.5, 0.6) is 11.8 Å². The Kier molecular flexibility index (Phi) is 4.88. The van der Waals surface area contributed by atoms with Gasteiger partial charge in [0.25, 0.3) is 5.91 Å². The fourth-order valence-corrected chi connectivity index (χ4v) is 5.59. The number of aromatic amines is 1. The van der Waals surface area contributed by atoms with Crippen LogP contribution < -0.4 is 20.5 Å². The lowest BCUT2D eigenvalue weighted by atomic mass is 9.53. The molecule has 154 valence electrons. The van der Waals surface area contributed by atoms with Crippen LogP contribution in [0.25, 0.3) is 0 Å². The van der Waals surface area contributed by atoms with Gasteiger partial charge in [0, 0.05) is 5.54 Å². The number of nitrogens with zero attached hydrogens (tertiary/aromatic N) is 1. The van der Waals surface area contributed by atoms with Crippen LogP contribution >= 0.6 is 0 Å². The summed E-state index contributed by atoms with van der Waals surface area (Å²) >= 11 is 0. The van der Waals surface area contributed by atoms with Gasteiger partial charge in [-0.3, -0.25) is 9.78 Å². The lowest BCUT2D eigenvalue weighted by Crippen LogP contribution is -2.60. The molecule has 0 spiro atoms. The molecule has 0 aliphatic heterocycles. The highest BCUT2D eigenvalue weighted by molar-refractivity contribution is 5.78. The van der Waals surface area contributed by atoms with Crippen LogP contribution in [-0.4, -0.2) is 34.6 Å². The maximum Gasteiger partial charge on any atom is 0.351 e. The Bertz CT molecular complexity index is 760. The minimum Gasteiger partial charge on any atom is -0.478 e. The molecule has 1 aromatic rings. The van der Waals surface area contributed by atoms with Gasteiger partial charge < -0.3 is 14.8 Å². The number of hydrogen-bond acceptors (Lipinski definition) is 5. The lowest BCUT2D eigenvalue weighted by molar-refractivity contribution is -0.128. The van der Waals surface area contributed by atoms with Gasteiger partial charge >= 0.3 is 5.69 Å². The zero-order valence-corrected chi connectivity index (χ0v) is 17.0. The van der Waals surface area contributed by atoms with Gasteiger partial charge in [0.2, 0.25) is 5.88 Å². The van der Waals surface area contributed by atoms with Crippen LogP contribution in [0.15, 0.2) is 10.9 Å². The fourth-order valence-electron chi connectivity index (χ4n) is 5.59. The van der Waals surface area contributed by atoms with Gasteiger partial charge in [-0.2, -0.15) is 4.98 Å². The molecule has 4 fully saturated rings. The van der Waals surface area contributed by atoms with E-state index in [2.05, 4.69) is 15.3 Å². The van der Waals surface area contributed by atoms with Crippen molar-refractivity contribution >= 4 is 5.91 Å². The van der Waals surface area contributed by atoms with Crippen molar-refractivity contribution in [1.29, 1.82) is 0 Å². The summed E-state index contributed by atoms with van der Waals surface area (Å²) < 4.78 is 11.1. The van der Waals surface area contributed by atoms with Crippen LogP contribution in [0.2, 0.25) is 0 Å². The predicted octanol–water partition coefficient (Wildman–Crippen LogP) is 2.66. The molecular formula is C21H31N3O4. The number of H-pyrrole nitrogens is 1. The van der Waals surface area contributed by atoms with Gasteiger partial charge in [-0.05, 0) is 61.7 Å². The number of carbonyl (C=O) groups is 1. The second-order valence-electron chi connectivity index (χ2n) is 10.3. The number of hydrogen-bond donors (Lipinski definition) is 2. The monoisotopic (exact) mass is 389 g/mol. The zero-order valence-electron chi connectivity index (χ0n) is 17.0. The van der Waals surface area contributed by atoms with E-state index in [1.807, 2.05) is 20.8 Å². The van der Waals surface area contributed by atoms with E-state index in [0.717, 1.165) is 37.0 Å². The molecule has 5 rings (SSSR count). The van der Waals surface area contributed by atoms with Crippen LogP contribution in [0.1, 0.15) is 59.3 Å². The molecule has 0 radical (unpaired) electrons. The number of carbonyl (C=O) groups excluding carboxylic acids is 1. The SMILES string of the molecule is CC(C)(C)COc1cc(OCC(=O)NC23CC4CC(CC(C4)C2)C3)nc(=O)[nH]1. The van der Waals surface area contributed by atoms with E-state index >= 15 is 0 Å². The van der Waals surface area contributed by atoms with E-state index in [4.69, 9.17) is 9.47 Å². The maximum absolute atomic E-state index is 12.5. The minimum atomic E-state index is -0.553. The van der Waals surface area contributed by atoms with Crippen LogP contribution in [0.3, 0.4) is 0 Å². The third kappa shape index (κ3) is 4.50. The van der Waals surface area contributed by atoms with Crippen molar-refractivity contribution in [1.82, 2.24) is 15.3 Å². The Balaban J connectivity index is 1.34. The standard InChI is InChI=1S/C21H31N3O4/c1-20(2,3)12-28-18-7-17(22-19(26)23-18)27-11-16(25)24-21-8-13-4-14(9-21)6-15(5-13)10-21/h7,13-15H,4-6,8-12H2,1-3H3,(H,24,25)(H,22,23,26). The second-order valence-corrected chi connectivity index (χ2v) is 10.3. The third-order valence-electron chi connectivity index (χ3n) is 6.15. The molecule has 7 heteroatoms. The molecule has 4 bridgehead atoms. The smallest absolute Gasteiger partial charge is 0.351 e. The van der Waals surface area contributed by atoms with Crippen molar-refractivity contribution in [2.45, 2.75) is 64.8 Å². The first-order valence-electron chi connectivity index (χ1n) is 10.4. The van der Waals surface area contributed by atoms with Crippen LogP contribution in [0.4, 0.5) is 0 Å². The van der Waals surface area contributed by atoms with Gasteiger partial charge in [-0.15, -0.1) is 0 Å². The van der Waals surface area contributed by atoms with Gasteiger partial charge in [0.1, 0.15) is 0 Å². The molecule has 0 atom stereocenters. The van der Waals surface area contributed by atoms with E-state index in [1.54, 1.807) is 0 Å². The van der Waals surface area contributed by atoms with E-state index in [9.17, 15) is 9.59 Å². The Labute approximate surface area is 165 Å². The fraction of sp³-hybridized carbons (Fsp3) is 0.762. The average molecular weight is 389 g/mol. The molecule has 1 aromatic heterocycles. The lowest BCUT2D eigenvalue weighted by Gasteiger charge is -2.56. The normalized spacial score (nSPS) is 30.9. The molecule has 28 heavy (non-hydrogen) atoms. The molecular weight excluding hydrogens is 358 g/mol. The summed E-state index contributed by atoms with van der Waals surface area (Å²) in [4.78, 5) is 30.6. The number of aromatic nitrogens is 2. The van der Waals surface area contributed by atoms with Crippen molar-refractivity contribution in [2.24, 2.45) is 23.2 Å². The van der Waals surface area contributed by atoms with E-state index in [1.165, 1.54) is 25.3 Å². The minimum absolute atomic E-state index is 0.0427. The van der Waals surface area contributed by atoms with Gasteiger partial charge in [0.05, 0.1) is 12.7 Å². The molecule has 4 aliphatic rings. The molecule has 0 aromatic carbocycles. The summed E-state index contributed by atoms with van der Waals surface area (Å²) in [6, 6.07) is 1.52. The first-order chi connectivity index (χ1) is 13.2. The van der Waals surface area contributed by atoms with Crippen molar-refractivity contribution in [3.05, 3.63) is 16.6 Å². The van der Waals surface area contributed by atoms with E-state index < -0.39 is 5.69 Å². The van der Waals surface area contributed by atoms with Gasteiger partial charge in [0.15, 0.2) is 12.5 Å². The van der Waals surface area contributed by atoms with E-state index in [-0.39, 0.29) is 29.3 Å². The first-order valence-corrected chi connectivity index (χ1v) is 10.4. The van der Waals surface area contributed by atoms with Crippen LogP contribution in [-0.2, 0) is 4.79 Å². The molecule has 4 saturated carbocycles. The molecule has 2 N–H and O–H groups in total. The summed E-state index contributed by atoms with van der Waals surface area (Å²) in [5.74, 6) is 2.57. The summed E-state index contributed by atoms with van der Waals surface area (Å²) in [5, 5.41) is 3.26. The topological polar surface area (TPSA) is 93.3 Å². The van der Waals surface area contributed by atoms with Gasteiger partial charge in [-0.1, -0.05) is 20.8 Å². The molecule has 1 amide bonds.